The smallest absolute Gasteiger partial charge is 0.407 e. The van der Waals surface area contributed by atoms with Gasteiger partial charge in [0, 0.05) is 12.8 Å². The second kappa shape index (κ2) is 12.4. The van der Waals surface area contributed by atoms with Gasteiger partial charge in [-0.2, -0.15) is 0 Å². The molecule has 4 rings (SSSR count). The third-order valence-electron chi connectivity index (χ3n) is 6.92. The van der Waals surface area contributed by atoms with E-state index in [2.05, 4.69) is 16.0 Å². The van der Waals surface area contributed by atoms with Gasteiger partial charge < -0.3 is 45.9 Å². The Bertz CT molecular complexity index is 1230. The number of aliphatic hydroxyl groups excluding tert-OH is 3. The lowest BCUT2D eigenvalue weighted by atomic mass is 9.95. The second-order valence-corrected chi connectivity index (χ2v) is 9.62. The van der Waals surface area contributed by atoms with Gasteiger partial charge in [0.2, 0.25) is 11.8 Å². The lowest BCUT2D eigenvalue weighted by Gasteiger charge is -2.42. The lowest BCUT2D eigenvalue weighted by molar-refractivity contribution is -0.203. The fraction of sp³-hybridized carbons (Fsp3) is 0.407. The molecule has 214 valence electrons. The molecule has 13 nitrogen and oxygen atoms in total. The molecular formula is C27H31N3O10. The van der Waals surface area contributed by atoms with Gasteiger partial charge in [0.05, 0.1) is 13.0 Å². The fourth-order valence-corrected chi connectivity index (χ4v) is 5.02. The number of ether oxygens (including phenoxy) is 2. The van der Waals surface area contributed by atoms with Gasteiger partial charge in [0.15, 0.2) is 6.23 Å². The van der Waals surface area contributed by atoms with E-state index in [0.29, 0.717) is 0 Å². The Morgan fingerprint density at radius 2 is 1.55 bits per heavy atom. The highest BCUT2D eigenvalue weighted by atomic mass is 16.6. The Morgan fingerprint density at radius 3 is 2.10 bits per heavy atom. The Balaban J connectivity index is 1.37. The molecule has 1 fully saturated rings. The number of carboxylic acid groups (broad SMARTS) is 1. The number of fused-ring (bicyclic) bond motifs is 3. The van der Waals surface area contributed by atoms with Crippen LogP contribution in [0.2, 0.25) is 0 Å². The van der Waals surface area contributed by atoms with E-state index in [1.165, 1.54) is 0 Å². The van der Waals surface area contributed by atoms with Crippen molar-refractivity contribution >= 4 is 23.9 Å². The van der Waals surface area contributed by atoms with Crippen LogP contribution in [0.3, 0.4) is 0 Å². The van der Waals surface area contributed by atoms with Gasteiger partial charge in [-0.15, -0.1) is 0 Å². The second-order valence-electron chi connectivity index (χ2n) is 9.62. The number of aliphatic carboxylic acids is 1. The highest BCUT2D eigenvalue weighted by molar-refractivity contribution is 5.87. The van der Waals surface area contributed by atoms with E-state index in [9.17, 15) is 39.6 Å². The summed E-state index contributed by atoms with van der Waals surface area (Å²) in [6.45, 7) is 0.392. The van der Waals surface area contributed by atoms with Crippen LogP contribution in [-0.2, 0) is 23.9 Å². The average Bonchev–Trinajstić information content (AvgIpc) is 3.24. The van der Waals surface area contributed by atoms with Crippen LogP contribution in [0.5, 0.6) is 0 Å². The first kappa shape index (κ1) is 29.0. The van der Waals surface area contributed by atoms with Crippen molar-refractivity contribution in [3.05, 3.63) is 59.7 Å². The van der Waals surface area contributed by atoms with Gasteiger partial charge in [-0.25, -0.2) is 9.59 Å². The average molecular weight is 558 g/mol. The number of carbonyl (C=O) groups is 4. The maximum absolute atomic E-state index is 12.7. The Labute approximate surface area is 229 Å². The van der Waals surface area contributed by atoms with E-state index >= 15 is 0 Å². The SMILES string of the molecule is CC(=O)N[C@@H]1[C@@H](O)[C@H](O)[C@@H](CO)O[C@H]1NC(=O)CC(NC(=O)OCC1c2ccccc2-c2ccccc21)C(=O)O. The summed E-state index contributed by atoms with van der Waals surface area (Å²) in [7, 11) is 0. The first-order valence-electron chi connectivity index (χ1n) is 12.6. The molecule has 7 N–H and O–H groups in total. The highest BCUT2D eigenvalue weighted by Gasteiger charge is 2.45. The lowest BCUT2D eigenvalue weighted by Crippen LogP contribution is -2.68. The molecule has 2 aliphatic rings. The molecule has 0 aromatic heterocycles. The quantitative estimate of drug-likeness (QED) is 0.209. The zero-order valence-electron chi connectivity index (χ0n) is 21.5. The van der Waals surface area contributed by atoms with Gasteiger partial charge >= 0.3 is 12.1 Å². The summed E-state index contributed by atoms with van der Waals surface area (Å²) in [6.07, 6.45) is -7.62. The molecule has 13 heteroatoms. The fourth-order valence-electron chi connectivity index (χ4n) is 5.02. The minimum atomic E-state index is -1.68. The van der Waals surface area contributed by atoms with E-state index in [-0.39, 0.29) is 12.5 Å². The molecule has 1 aliphatic carbocycles. The Kier molecular flexibility index (Phi) is 9.00. The number of amides is 3. The van der Waals surface area contributed by atoms with Crippen LogP contribution in [0, 0.1) is 0 Å². The standard InChI is InChI=1S/C27H31N3O10/c1-13(32)28-22-24(35)23(34)20(11-31)40-25(22)30-21(33)10-19(26(36)37)29-27(38)39-12-18-16-8-4-2-6-14(16)15-7-3-5-9-17(15)18/h2-9,18-20,22-25,31,34-35H,10-12H2,1H3,(H,28,32)(H,29,38)(H,30,33)(H,36,37)/t19?,20-,22-,23-,24-,25-/m1/s1. The van der Waals surface area contributed by atoms with Gasteiger partial charge in [-0.1, -0.05) is 48.5 Å². The van der Waals surface area contributed by atoms with Crippen LogP contribution in [0.25, 0.3) is 11.1 Å². The summed E-state index contributed by atoms with van der Waals surface area (Å²) in [5, 5.41) is 46.3. The number of rotatable bonds is 9. The van der Waals surface area contributed by atoms with Crippen LogP contribution in [0.1, 0.15) is 30.4 Å². The number of carboxylic acids is 1. The third-order valence-corrected chi connectivity index (χ3v) is 6.92. The van der Waals surface area contributed by atoms with Crippen LogP contribution in [-0.4, -0.2) is 94.1 Å². The first-order chi connectivity index (χ1) is 19.1. The van der Waals surface area contributed by atoms with Crippen molar-refractivity contribution in [1.82, 2.24) is 16.0 Å². The molecule has 0 saturated carbocycles. The maximum Gasteiger partial charge on any atom is 0.407 e. The number of hydrogen-bond acceptors (Lipinski definition) is 9. The normalized spacial score (nSPS) is 24.2. The largest absolute Gasteiger partial charge is 0.480 e. The van der Waals surface area contributed by atoms with Crippen LogP contribution >= 0.6 is 0 Å². The number of carbonyl (C=O) groups excluding carboxylic acids is 3. The summed E-state index contributed by atoms with van der Waals surface area (Å²) >= 11 is 0. The molecule has 6 atom stereocenters. The van der Waals surface area contributed by atoms with Crippen molar-refractivity contribution in [2.45, 2.75) is 55.9 Å². The van der Waals surface area contributed by atoms with Crippen LogP contribution in [0.15, 0.2) is 48.5 Å². The highest BCUT2D eigenvalue weighted by Crippen LogP contribution is 2.44. The van der Waals surface area contributed by atoms with E-state index in [4.69, 9.17) is 9.47 Å². The zero-order chi connectivity index (χ0) is 29.0. The number of benzene rings is 2. The molecule has 0 bridgehead atoms. The molecule has 40 heavy (non-hydrogen) atoms. The summed E-state index contributed by atoms with van der Waals surface area (Å²) in [4.78, 5) is 48.6. The van der Waals surface area contributed by atoms with Gasteiger partial charge in [0.25, 0.3) is 0 Å². The number of alkyl carbamates (subject to hydrolysis) is 1. The van der Waals surface area contributed by atoms with E-state index in [1.54, 1.807) is 0 Å². The summed E-state index contributed by atoms with van der Waals surface area (Å²) < 4.78 is 10.8. The zero-order valence-corrected chi connectivity index (χ0v) is 21.5. The van der Waals surface area contributed by atoms with Crippen molar-refractivity contribution in [3.8, 4) is 11.1 Å². The molecule has 2 aromatic carbocycles. The Morgan fingerprint density at radius 1 is 0.950 bits per heavy atom. The summed E-state index contributed by atoms with van der Waals surface area (Å²) in [6, 6.07) is 12.4. The van der Waals surface area contributed by atoms with E-state index in [0.717, 1.165) is 29.2 Å². The molecule has 1 unspecified atom stereocenters. The maximum atomic E-state index is 12.7. The number of hydrogen-bond donors (Lipinski definition) is 7. The molecule has 1 saturated heterocycles. The molecule has 1 aliphatic heterocycles. The molecule has 1 heterocycles. The monoisotopic (exact) mass is 557 g/mol. The van der Waals surface area contributed by atoms with Gasteiger partial charge in [-0.3, -0.25) is 9.59 Å². The number of nitrogens with one attached hydrogen (secondary N) is 3. The van der Waals surface area contributed by atoms with Crippen LogP contribution in [0.4, 0.5) is 4.79 Å². The van der Waals surface area contributed by atoms with Crippen molar-refractivity contribution in [3.63, 3.8) is 0 Å². The van der Waals surface area contributed by atoms with Crippen molar-refractivity contribution in [1.29, 1.82) is 0 Å². The molecular weight excluding hydrogens is 526 g/mol. The Hall–Kier alpha value is -4.04. The van der Waals surface area contributed by atoms with Crippen molar-refractivity contribution in [2.75, 3.05) is 13.2 Å². The van der Waals surface area contributed by atoms with Gasteiger partial charge in [-0.05, 0) is 22.3 Å². The molecule has 0 spiro atoms. The molecule has 3 amide bonds. The molecule has 0 radical (unpaired) electrons. The number of aliphatic hydroxyl groups is 3. The minimum absolute atomic E-state index is 0.0601. The summed E-state index contributed by atoms with van der Waals surface area (Å²) in [5.41, 5.74) is 3.99. The topological polar surface area (TPSA) is 204 Å². The van der Waals surface area contributed by atoms with E-state index in [1.807, 2.05) is 48.5 Å². The third kappa shape index (κ3) is 6.23. The first-order valence-corrected chi connectivity index (χ1v) is 12.6. The van der Waals surface area contributed by atoms with Crippen molar-refractivity contribution < 1.29 is 49.1 Å². The summed E-state index contributed by atoms with van der Waals surface area (Å²) in [5.74, 6) is -3.26. The van der Waals surface area contributed by atoms with Crippen LogP contribution < -0.4 is 16.0 Å². The van der Waals surface area contributed by atoms with Crippen molar-refractivity contribution in [2.24, 2.45) is 0 Å². The predicted octanol–water partition coefficient (Wildman–Crippen LogP) is -0.572. The predicted molar refractivity (Wildman–Crippen MR) is 138 cm³/mol. The van der Waals surface area contributed by atoms with Gasteiger partial charge in [0.1, 0.15) is 37.0 Å². The molecule has 2 aromatic rings. The minimum Gasteiger partial charge on any atom is -0.480 e. The van der Waals surface area contributed by atoms with E-state index < -0.39 is 73.5 Å².